The lowest BCUT2D eigenvalue weighted by molar-refractivity contribution is -0.127. The number of carbonyl (C=O) groups excluding carboxylic acids is 1. The highest BCUT2D eigenvalue weighted by Gasteiger charge is 2.41. The smallest absolute Gasteiger partial charge is 0.139 e. The minimum absolute atomic E-state index is 0. The lowest BCUT2D eigenvalue weighted by atomic mass is 9.77. The fraction of sp³-hybridized carbons (Fsp3) is 0.889. The SMILES string of the molecule is Cl.Cl.O=C1CCCC12CCNCC2. The van der Waals surface area contributed by atoms with Crippen LogP contribution in [0.5, 0.6) is 0 Å². The van der Waals surface area contributed by atoms with Crippen molar-refractivity contribution < 1.29 is 4.79 Å². The minimum atomic E-state index is 0. The van der Waals surface area contributed by atoms with Crippen LogP contribution in [-0.2, 0) is 4.79 Å². The summed E-state index contributed by atoms with van der Waals surface area (Å²) in [5.41, 5.74) is 0.130. The van der Waals surface area contributed by atoms with E-state index in [1.54, 1.807) is 0 Å². The predicted octanol–water partition coefficient (Wildman–Crippen LogP) is 1.95. The summed E-state index contributed by atoms with van der Waals surface area (Å²) < 4.78 is 0. The molecule has 2 rings (SSSR count). The molecule has 1 saturated carbocycles. The molecule has 1 aliphatic carbocycles. The average Bonchev–Trinajstić information content (AvgIpc) is 2.36. The third-order valence-electron chi connectivity index (χ3n) is 3.21. The molecule has 0 amide bonds. The largest absolute Gasteiger partial charge is 0.317 e. The van der Waals surface area contributed by atoms with E-state index in [1.807, 2.05) is 0 Å². The molecule has 0 aromatic carbocycles. The number of piperidine rings is 1. The van der Waals surface area contributed by atoms with Gasteiger partial charge in [-0.2, -0.15) is 0 Å². The summed E-state index contributed by atoms with van der Waals surface area (Å²) >= 11 is 0. The van der Waals surface area contributed by atoms with E-state index in [2.05, 4.69) is 5.32 Å². The van der Waals surface area contributed by atoms with Crippen molar-refractivity contribution in [1.82, 2.24) is 5.32 Å². The first-order valence-electron chi connectivity index (χ1n) is 4.58. The van der Waals surface area contributed by atoms with Gasteiger partial charge in [0.05, 0.1) is 0 Å². The van der Waals surface area contributed by atoms with Gasteiger partial charge in [0.15, 0.2) is 0 Å². The molecule has 0 radical (unpaired) electrons. The summed E-state index contributed by atoms with van der Waals surface area (Å²) in [7, 11) is 0. The third-order valence-corrected chi connectivity index (χ3v) is 3.21. The molecule has 0 atom stereocenters. The number of ketones is 1. The van der Waals surface area contributed by atoms with Gasteiger partial charge in [-0.05, 0) is 38.8 Å². The number of hydrogen-bond donors (Lipinski definition) is 1. The number of hydrogen-bond acceptors (Lipinski definition) is 2. The Balaban J connectivity index is 0.000000720. The minimum Gasteiger partial charge on any atom is -0.317 e. The van der Waals surface area contributed by atoms with Crippen LogP contribution >= 0.6 is 24.8 Å². The first-order chi connectivity index (χ1) is 5.33. The Kier molecular flexibility index (Phi) is 5.26. The van der Waals surface area contributed by atoms with E-state index >= 15 is 0 Å². The van der Waals surface area contributed by atoms with Gasteiger partial charge in [-0.1, -0.05) is 0 Å². The zero-order chi connectivity index (χ0) is 7.73. The van der Waals surface area contributed by atoms with Crippen molar-refractivity contribution in [3.05, 3.63) is 0 Å². The maximum Gasteiger partial charge on any atom is 0.139 e. The maximum atomic E-state index is 11.5. The van der Waals surface area contributed by atoms with Crippen LogP contribution in [0.15, 0.2) is 0 Å². The molecule has 0 aromatic heterocycles. The van der Waals surface area contributed by atoms with Crippen LogP contribution in [-0.4, -0.2) is 18.9 Å². The third kappa shape index (κ3) is 2.36. The Hall–Kier alpha value is 0.210. The molecule has 1 spiro atoms. The summed E-state index contributed by atoms with van der Waals surface area (Å²) in [6, 6.07) is 0. The van der Waals surface area contributed by atoms with E-state index in [9.17, 15) is 4.79 Å². The monoisotopic (exact) mass is 225 g/mol. The fourth-order valence-electron chi connectivity index (χ4n) is 2.43. The number of Topliss-reactive ketones (excluding diaryl/α,β-unsaturated/α-hetero) is 1. The lowest BCUT2D eigenvalue weighted by Gasteiger charge is -2.31. The molecule has 1 saturated heterocycles. The van der Waals surface area contributed by atoms with Gasteiger partial charge in [-0.25, -0.2) is 0 Å². The molecule has 78 valence electrons. The van der Waals surface area contributed by atoms with E-state index < -0.39 is 0 Å². The molecule has 1 aliphatic heterocycles. The Morgan fingerprint density at radius 2 is 1.69 bits per heavy atom. The van der Waals surface area contributed by atoms with Crippen LogP contribution in [0.25, 0.3) is 0 Å². The Morgan fingerprint density at radius 3 is 2.15 bits per heavy atom. The van der Waals surface area contributed by atoms with Crippen LogP contribution in [0.1, 0.15) is 32.1 Å². The first-order valence-corrected chi connectivity index (χ1v) is 4.58. The lowest BCUT2D eigenvalue weighted by Crippen LogP contribution is -2.39. The van der Waals surface area contributed by atoms with E-state index in [0.29, 0.717) is 5.78 Å². The van der Waals surface area contributed by atoms with Gasteiger partial charge >= 0.3 is 0 Å². The molecule has 1 heterocycles. The Labute approximate surface area is 91.7 Å². The van der Waals surface area contributed by atoms with Crippen LogP contribution in [0.2, 0.25) is 0 Å². The molecule has 2 nitrogen and oxygen atoms in total. The van der Waals surface area contributed by atoms with Gasteiger partial charge in [0, 0.05) is 11.8 Å². The fourth-order valence-corrected chi connectivity index (χ4v) is 2.43. The second-order valence-electron chi connectivity index (χ2n) is 3.81. The topological polar surface area (TPSA) is 29.1 Å². The molecule has 0 unspecified atom stereocenters. The van der Waals surface area contributed by atoms with Crippen molar-refractivity contribution in [3.63, 3.8) is 0 Å². The molecule has 2 fully saturated rings. The van der Waals surface area contributed by atoms with Crippen molar-refractivity contribution >= 4 is 30.6 Å². The van der Waals surface area contributed by atoms with E-state index in [1.165, 1.54) is 0 Å². The number of nitrogens with one attached hydrogen (secondary N) is 1. The molecule has 0 aromatic rings. The van der Waals surface area contributed by atoms with Crippen molar-refractivity contribution in [2.45, 2.75) is 32.1 Å². The highest BCUT2D eigenvalue weighted by molar-refractivity contribution is 5.86. The summed E-state index contributed by atoms with van der Waals surface area (Å²) in [4.78, 5) is 11.5. The Morgan fingerprint density at radius 1 is 1.08 bits per heavy atom. The summed E-state index contributed by atoms with van der Waals surface area (Å²) in [5, 5.41) is 3.30. The summed E-state index contributed by atoms with van der Waals surface area (Å²) in [6.07, 6.45) is 5.32. The Bertz CT molecular complexity index is 178. The molecule has 2 aliphatic rings. The second kappa shape index (κ2) is 5.18. The zero-order valence-electron chi connectivity index (χ0n) is 7.67. The van der Waals surface area contributed by atoms with Crippen LogP contribution in [0, 0.1) is 5.41 Å². The summed E-state index contributed by atoms with van der Waals surface area (Å²) in [6.45, 7) is 2.09. The van der Waals surface area contributed by atoms with Crippen LogP contribution in [0.3, 0.4) is 0 Å². The quantitative estimate of drug-likeness (QED) is 0.684. The van der Waals surface area contributed by atoms with Gasteiger partial charge < -0.3 is 5.32 Å². The molecular formula is C9H17Cl2NO. The van der Waals surface area contributed by atoms with Gasteiger partial charge in [0.2, 0.25) is 0 Å². The van der Waals surface area contributed by atoms with Gasteiger partial charge in [-0.3, -0.25) is 4.79 Å². The molecule has 13 heavy (non-hydrogen) atoms. The van der Waals surface area contributed by atoms with Crippen molar-refractivity contribution in [3.8, 4) is 0 Å². The number of carbonyl (C=O) groups is 1. The van der Waals surface area contributed by atoms with Crippen molar-refractivity contribution in [2.24, 2.45) is 5.41 Å². The standard InChI is InChI=1S/C9H15NO.2ClH/c11-8-2-1-3-9(8)4-6-10-7-5-9;;/h10H,1-7H2;2*1H. The van der Waals surface area contributed by atoms with E-state index in [4.69, 9.17) is 0 Å². The first kappa shape index (κ1) is 13.2. The zero-order valence-corrected chi connectivity index (χ0v) is 9.31. The molecule has 4 heteroatoms. The summed E-state index contributed by atoms with van der Waals surface area (Å²) in [5.74, 6) is 0.541. The van der Waals surface area contributed by atoms with E-state index in [-0.39, 0.29) is 30.2 Å². The second-order valence-corrected chi connectivity index (χ2v) is 3.81. The molecule has 1 N–H and O–H groups in total. The van der Waals surface area contributed by atoms with Crippen LogP contribution < -0.4 is 5.32 Å². The highest BCUT2D eigenvalue weighted by Crippen LogP contribution is 2.41. The van der Waals surface area contributed by atoms with Gasteiger partial charge in [0.25, 0.3) is 0 Å². The van der Waals surface area contributed by atoms with Gasteiger partial charge in [-0.15, -0.1) is 24.8 Å². The normalized spacial score (nSPS) is 25.1. The molecule has 0 bridgehead atoms. The average molecular weight is 226 g/mol. The number of halogens is 2. The maximum absolute atomic E-state index is 11.5. The molecular weight excluding hydrogens is 209 g/mol. The van der Waals surface area contributed by atoms with E-state index in [0.717, 1.165) is 45.2 Å². The van der Waals surface area contributed by atoms with Gasteiger partial charge in [0.1, 0.15) is 5.78 Å². The number of rotatable bonds is 0. The van der Waals surface area contributed by atoms with Crippen molar-refractivity contribution in [2.75, 3.05) is 13.1 Å². The van der Waals surface area contributed by atoms with Crippen molar-refractivity contribution in [1.29, 1.82) is 0 Å². The predicted molar refractivity (Wildman–Crippen MR) is 57.9 cm³/mol. The highest BCUT2D eigenvalue weighted by atomic mass is 35.5. The van der Waals surface area contributed by atoms with Crippen LogP contribution in [0.4, 0.5) is 0 Å².